The molecule has 2 aromatic heterocycles. The highest BCUT2D eigenvalue weighted by Crippen LogP contribution is 2.27. The van der Waals surface area contributed by atoms with Gasteiger partial charge in [-0.15, -0.1) is 0 Å². The molecule has 8 nitrogen and oxygen atoms in total. The predicted molar refractivity (Wildman–Crippen MR) is 96.5 cm³/mol. The summed E-state index contributed by atoms with van der Waals surface area (Å²) in [5.74, 6) is 1.27. The number of aromatic nitrogens is 4. The van der Waals surface area contributed by atoms with Crippen molar-refractivity contribution >= 4 is 40.9 Å². The fraction of sp³-hybridized carbons (Fsp3) is 0.357. The molecule has 0 radical (unpaired) electrons. The largest absolute Gasteiger partial charge is 0.378 e. The van der Waals surface area contributed by atoms with Gasteiger partial charge in [0.1, 0.15) is 10.8 Å². The maximum Gasteiger partial charge on any atom is 0.232 e. The van der Waals surface area contributed by atoms with Crippen LogP contribution in [0.4, 0.5) is 11.8 Å². The molecule has 0 saturated carbocycles. The van der Waals surface area contributed by atoms with Crippen molar-refractivity contribution in [2.45, 2.75) is 10.2 Å². The Morgan fingerprint density at radius 2 is 2.00 bits per heavy atom. The van der Waals surface area contributed by atoms with Crippen LogP contribution < -0.4 is 15.5 Å². The van der Waals surface area contributed by atoms with Gasteiger partial charge in [0.05, 0.1) is 13.2 Å². The van der Waals surface area contributed by atoms with Gasteiger partial charge in [-0.2, -0.15) is 4.98 Å². The second-order valence-corrected chi connectivity index (χ2v) is 6.22. The second-order valence-electron chi connectivity index (χ2n) is 4.82. The lowest BCUT2D eigenvalue weighted by Crippen LogP contribution is -2.37. The van der Waals surface area contributed by atoms with Crippen LogP contribution in [0.1, 0.15) is 0 Å². The normalized spacial score (nSPS) is 14.3. The van der Waals surface area contributed by atoms with Crippen molar-refractivity contribution in [3.63, 3.8) is 0 Å². The highest BCUT2D eigenvalue weighted by molar-refractivity contribution is 7.99. The van der Waals surface area contributed by atoms with Gasteiger partial charge in [0.15, 0.2) is 10.3 Å². The van der Waals surface area contributed by atoms with Gasteiger partial charge in [0.2, 0.25) is 5.95 Å². The summed E-state index contributed by atoms with van der Waals surface area (Å²) in [6, 6.07) is 3.71. The molecule has 0 aromatic carbocycles. The summed E-state index contributed by atoms with van der Waals surface area (Å²) in [6.45, 7) is 2.95. The van der Waals surface area contributed by atoms with E-state index in [1.54, 1.807) is 25.5 Å². The Balaban J connectivity index is 1.88. The molecule has 2 N–H and O–H groups in total. The van der Waals surface area contributed by atoms with Gasteiger partial charge in [-0.1, -0.05) is 0 Å². The van der Waals surface area contributed by atoms with Crippen LogP contribution >= 0.6 is 24.0 Å². The topological polar surface area (TPSA) is 88.1 Å². The van der Waals surface area contributed by atoms with E-state index in [0.29, 0.717) is 29.4 Å². The first-order valence-corrected chi connectivity index (χ1v) is 8.62. The van der Waals surface area contributed by atoms with E-state index in [1.807, 2.05) is 6.07 Å². The van der Waals surface area contributed by atoms with E-state index in [1.165, 1.54) is 11.8 Å². The number of ether oxygens (including phenoxy) is 1. The summed E-state index contributed by atoms with van der Waals surface area (Å²) in [5, 5.41) is 7.68. The van der Waals surface area contributed by atoms with Crippen molar-refractivity contribution in [1.29, 1.82) is 0 Å². The molecule has 10 heteroatoms. The molecule has 1 aliphatic heterocycles. The van der Waals surface area contributed by atoms with Crippen LogP contribution in [-0.2, 0) is 4.74 Å². The van der Waals surface area contributed by atoms with Crippen LogP contribution in [0, 0.1) is 0 Å². The first kappa shape index (κ1) is 16.8. The SMILES string of the molecule is CNC(=S)Nc1nc(Sc2ncccn2)cc(N2CCOCC2)n1. The molecule has 1 aliphatic rings. The third-order valence-corrected chi connectivity index (χ3v) is 4.33. The zero-order valence-electron chi connectivity index (χ0n) is 13.1. The molecule has 0 aliphatic carbocycles. The van der Waals surface area contributed by atoms with Crippen molar-refractivity contribution in [2.24, 2.45) is 0 Å². The Morgan fingerprint density at radius 3 is 2.71 bits per heavy atom. The molecular formula is C14H17N7OS2. The van der Waals surface area contributed by atoms with E-state index in [-0.39, 0.29) is 0 Å². The molecule has 0 spiro atoms. The quantitative estimate of drug-likeness (QED) is 0.469. The molecule has 0 bridgehead atoms. The minimum absolute atomic E-state index is 0.441. The monoisotopic (exact) mass is 363 g/mol. The average molecular weight is 363 g/mol. The first-order valence-electron chi connectivity index (χ1n) is 7.40. The maximum atomic E-state index is 5.40. The highest BCUT2D eigenvalue weighted by Gasteiger charge is 2.16. The molecule has 3 heterocycles. The third kappa shape index (κ3) is 4.49. The lowest BCUT2D eigenvalue weighted by atomic mass is 10.4. The fourth-order valence-corrected chi connectivity index (χ4v) is 2.87. The number of rotatable bonds is 4. The molecular weight excluding hydrogens is 346 g/mol. The van der Waals surface area contributed by atoms with Gasteiger partial charge in [-0.05, 0) is 30.0 Å². The summed E-state index contributed by atoms with van der Waals surface area (Å²) >= 11 is 6.52. The summed E-state index contributed by atoms with van der Waals surface area (Å²) in [6.07, 6.45) is 3.41. The van der Waals surface area contributed by atoms with Crippen molar-refractivity contribution < 1.29 is 4.74 Å². The van der Waals surface area contributed by atoms with E-state index >= 15 is 0 Å². The summed E-state index contributed by atoms with van der Waals surface area (Å²) < 4.78 is 5.40. The molecule has 3 rings (SSSR count). The lowest BCUT2D eigenvalue weighted by molar-refractivity contribution is 0.122. The molecule has 1 saturated heterocycles. The van der Waals surface area contributed by atoms with Gasteiger partial charge in [0, 0.05) is 38.6 Å². The van der Waals surface area contributed by atoms with Crippen molar-refractivity contribution in [3.05, 3.63) is 24.5 Å². The van der Waals surface area contributed by atoms with Gasteiger partial charge in [-0.25, -0.2) is 15.0 Å². The van der Waals surface area contributed by atoms with E-state index < -0.39 is 0 Å². The Bertz CT molecular complexity index is 695. The molecule has 126 valence electrons. The zero-order valence-corrected chi connectivity index (χ0v) is 14.7. The number of morpholine rings is 1. The lowest BCUT2D eigenvalue weighted by Gasteiger charge is -2.28. The smallest absolute Gasteiger partial charge is 0.232 e. The van der Waals surface area contributed by atoms with Gasteiger partial charge >= 0.3 is 0 Å². The average Bonchev–Trinajstić information content (AvgIpc) is 2.63. The highest BCUT2D eigenvalue weighted by atomic mass is 32.2. The van der Waals surface area contributed by atoms with Crippen LogP contribution in [0.5, 0.6) is 0 Å². The van der Waals surface area contributed by atoms with Crippen LogP contribution in [0.15, 0.2) is 34.7 Å². The minimum Gasteiger partial charge on any atom is -0.378 e. The number of hydrogen-bond acceptors (Lipinski definition) is 8. The number of nitrogens with zero attached hydrogens (tertiary/aromatic N) is 5. The van der Waals surface area contributed by atoms with E-state index in [0.717, 1.165) is 23.9 Å². The molecule has 24 heavy (non-hydrogen) atoms. The Morgan fingerprint density at radius 1 is 1.25 bits per heavy atom. The molecule has 1 fully saturated rings. The van der Waals surface area contributed by atoms with E-state index in [2.05, 4.69) is 35.5 Å². The fourth-order valence-electron chi connectivity index (χ4n) is 2.07. The number of nitrogens with one attached hydrogen (secondary N) is 2. The summed E-state index contributed by atoms with van der Waals surface area (Å²) in [5.41, 5.74) is 0. The van der Waals surface area contributed by atoms with Crippen LogP contribution in [0.2, 0.25) is 0 Å². The minimum atomic E-state index is 0.441. The third-order valence-electron chi connectivity index (χ3n) is 3.21. The van der Waals surface area contributed by atoms with Crippen molar-refractivity contribution in [3.8, 4) is 0 Å². The van der Waals surface area contributed by atoms with Gasteiger partial charge in [0.25, 0.3) is 0 Å². The van der Waals surface area contributed by atoms with E-state index in [4.69, 9.17) is 17.0 Å². The number of anilines is 2. The van der Waals surface area contributed by atoms with E-state index in [9.17, 15) is 0 Å². The Kier molecular flexibility index (Phi) is 5.72. The Labute approximate surface area is 149 Å². The predicted octanol–water partition coefficient (Wildman–Crippen LogP) is 1.17. The number of thiocarbonyl (C=S) groups is 1. The van der Waals surface area contributed by atoms with Crippen molar-refractivity contribution in [1.82, 2.24) is 25.3 Å². The van der Waals surface area contributed by atoms with Gasteiger partial charge in [-0.3, -0.25) is 0 Å². The molecule has 2 aromatic rings. The van der Waals surface area contributed by atoms with Crippen molar-refractivity contribution in [2.75, 3.05) is 43.6 Å². The zero-order chi connectivity index (χ0) is 16.8. The molecule has 0 unspecified atom stereocenters. The van der Waals surface area contributed by atoms with Crippen LogP contribution in [0.25, 0.3) is 0 Å². The van der Waals surface area contributed by atoms with Gasteiger partial charge < -0.3 is 20.3 Å². The summed E-state index contributed by atoms with van der Waals surface area (Å²) in [7, 11) is 1.74. The molecule has 0 amide bonds. The molecule has 0 atom stereocenters. The maximum absolute atomic E-state index is 5.40. The second kappa shape index (κ2) is 8.18. The van der Waals surface area contributed by atoms with Crippen LogP contribution in [0.3, 0.4) is 0 Å². The number of hydrogen-bond donors (Lipinski definition) is 2. The standard InChI is InChI=1S/C14H17N7OS2/c1-15-13(23)20-12-18-10(21-5-7-22-8-6-21)9-11(19-12)24-14-16-3-2-4-17-14/h2-4,9H,5-8H2,1H3,(H2,15,18,19,20,23). The Hall–Kier alpha value is -2.04. The first-order chi connectivity index (χ1) is 11.7. The van der Waals surface area contributed by atoms with Crippen LogP contribution in [-0.4, -0.2) is 58.4 Å². The summed E-state index contributed by atoms with van der Waals surface area (Å²) in [4.78, 5) is 19.6.